The summed E-state index contributed by atoms with van der Waals surface area (Å²) in [7, 11) is 3.27. The maximum atomic E-state index is 12.7. The first-order valence-electron chi connectivity index (χ1n) is 4.81. The Balaban J connectivity index is 3.22. The quantitative estimate of drug-likeness (QED) is 0.865. The Hall–Kier alpha value is -1.07. The maximum absolute atomic E-state index is 12.7. The zero-order chi connectivity index (χ0) is 12.3. The number of hydrogen-bond acceptors (Lipinski definition) is 2. The van der Waals surface area contributed by atoms with Gasteiger partial charge in [0.2, 0.25) is 0 Å². The highest BCUT2D eigenvalue weighted by Gasteiger charge is 2.35. The highest BCUT2D eigenvalue weighted by Crippen LogP contribution is 2.35. The molecule has 0 aromatic heterocycles. The Morgan fingerprint density at radius 1 is 1.25 bits per heavy atom. The Kier molecular flexibility index (Phi) is 3.93. The Bertz CT molecular complexity index is 349. The van der Waals surface area contributed by atoms with E-state index in [2.05, 4.69) is 0 Å². The molecule has 5 heteroatoms. The molecule has 0 saturated carbocycles. The summed E-state index contributed by atoms with van der Waals surface area (Å²) in [5, 5.41) is 9.13. The van der Waals surface area contributed by atoms with Crippen LogP contribution in [0.15, 0.2) is 24.3 Å². The third kappa shape index (κ3) is 2.74. The molecule has 1 aromatic carbocycles. The van der Waals surface area contributed by atoms with E-state index in [1.807, 2.05) is 0 Å². The average molecular weight is 233 g/mol. The fourth-order valence-corrected chi connectivity index (χ4v) is 1.59. The van der Waals surface area contributed by atoms with Gasteiger partial charge in [-0.1, -0.05) is 18.2 Å². The highest BCUT2D eigenvalue weighted by molar-refractivity contribution is 5.32. The van der Waals surface area contributed by atoms with Crippen LogP contribution < -0.4 is 0 Å². The van der Waals surface area contributed by atoms with Crippen molar-refractivity contribution in [1.29, 1.82) is 0 Å². The van der Waals surface area contributed by atoms with Gasteiger partial charge in [0, 0.05) is 0 Å². The summed E-state index contributed by atoms with van der Waals surface area (Å²) in [6, 6.07) is 4.66. The molecule has 0 saturated heterocycles. The van der Waals surface area contributed by atoms with E-state index in [9.17, 15) is 13.2 Å². The molecular weight excluding hydrogens is 219 g/mol. The van der Waals surface area contributed by atoms with Crippen LogP contribution in [0.25, 0.3) is 0 Å². The van der Waals surface area contributed by atoms with Crippen molar-refractivity contribution in [3.63, 3.8) is 0 Å². The molecule has 0 heterocycles. The molecule has 0 aliphatic heterocycles. The van der Waals surface area contributed by atoms with E-state index in [-0.39, 0.29) is 12.2 Å². The van der Waals surface area contributed by atoms with Crippen molar-refractivity contribution in [2.75, 3.05) is 20.7 Å². The van der Waals surface area contributed by atoms with E-state index in [0.717, 1.165) is 6.07 Å². The van der Waals surface area contributed by atoms with Crippen LogP contribution in [-0.2, 0) is 6.18 Å². The lowest BCUT2D eigenvalue weighted by atomic mass is 10.00. The lowest BCUT2D eigenvalue weighted by Gasteiger charge is -2.25. The molecule has 2 nitrogen and oxygen atoms in total. The monoisotopic (exact) mass is 233 g/mol. The molecule has 1 atom stereocenters. The minimum Gasteiger partial charge on any atom is -0.394 e. The molecular formula is C11H14F3NO. The summed E-state index contributed by atoms with van der Waals surface area (Å²) < 4.78 is 38.1. The summed E-state index contributed by atoms with van der Waals surface area (Å²) in [6.07, 6.45) is -4.39. The number of alkyl halides is 3. The molecule has 90 valence electrons. The summed E-state index contributed by atoms with van der Waals surface area (Å²) >= 11 is 0. The van der Waals surface area contributed by atoms with Crippen molar-refractivity contribution in [2.45, 2.75) is 12.2 Å². The zero-order valence-corrected chi connectivity index (χ0v) is 9.12. The van der Waals surface area contributed by atoms with Crippen molar-refractivity contribution >= 4 is 0 Å². The van der Waals surface area contributed by atoms with Gasteiger partial charge in [-0.3, -0.25) is 0 Å². The molecule has 0 amide bonds. The standard InChI is InChI=1S/C11H14F3NO/c1-15(2)10(7-16)8-5-3-4-6-9(8)11(12,13)14/h3-6,10,16H,7H2,1-2H3/t10-/m1/s1. The second-order valence-electron chi connectivity index (χ2n) is 3.75. The van der Waals surface area contributed by atoms with Crippen LogP contribution in [-0.4, -0.2) is 30.7 Å². The van der Waals surface area contributed by atoms with E-state index in [1.54, 1.807) is 19.0 Å². The predicted molar refractivity (Wildman–Crippen MR) is 55.0 cm³/mol. The largest absolute Gasteiger partial charge is 0.416 e. The van der Waals surface area contributed by atoms with Crippen molar-refractivity contribution in [2.24, 2.45) is 0 Å². The minimum absolute atomic E-state index is 0.0995. The van der Waals surface area contributed by atoms with Gasteiger partial charge in [-0.25, -0.2) is 0 Å². The van der Waals surface area contributed by atoms with E-state index in [1.165, 1.54) is 18.2 Å². The number of likely N-dealkylation sites (N-methyl/N-ethyl adjacent to an activating group) is 1. The third-order valence-electron chi connectivity index (χ3n) is 2.42. The Labute approximate surface area is 92.3 Å². The fraction of sp³-hybridized carbons (Fsp3) is 0.455. The molecule has 0 unspecified atom stereocenters. The van der Waals surface area contributed by atoms with Gasteiger partial charge in [0.25, 0.3) is 0 Å². The van der Waals surface area contributed by atoms with Gasteiger partial charge in [-0.2, -0.15) is 13.2 Å². The number of rotatable bonds is 3. The van der Waals surface area contributed by atoms with Crippen LogP contribution in [0.4, 0.5) is 13.2 Å². The zero-order valence-electron chi connectivity index (χ0n) is 9.12. The Morgan fingerprint density at radius 2 is 1.81 bits per heavy atom. The average Bonchev–Trinajstić information content (AvgIpc) is 2.17. The summed E-state index contributed by atoms with van der Waals surface area (Å²) in [5.74, 6) is 0. The SMILES string of the molecule is CN(C)[C@H](CO)c1ccccc1C(F)(F)F. The molecule has 0 aliphatic rings. The van der Waals surface area contributed by atoms with E-state index >= 15 is 0 Å². The van der Waals surface area contributed by atoms with E-state index < -0.39 is 17.8 Å². The van der Waals surface area contributed by atoms with Gasteiger partial charge in [-0.05, 0) is 25.7 Å². The van der Waals surface area contributed by atoms with E-state index in [4.69, 9.17) is 5.11 Å². The normalized spacial score (nSPS) is 14.2. The van der Waals surface area contributed by atoms with E-state index in [0.29, 0.717) is 0 Å². The van der Waals surface area contributed by atoms with Gasteiger partial charge in [0.15, 0.2) is 0 Å². The summed E-state index contributed by atoms with van der Waals surface area (Å²) in [4.78, 5) is 1.56. The number of aliphatic hydroxyl groups excluding tert-OH is 1. The molecule has 0 spiro atoms. The van der Waals surface area contributed by atoms with Gasteiger partial charge < -0.3 is 10.0 Å². The van der Waals surface area contributed by atoms with Crippen molar-refractivity contribution < 1.29 is 18.3 Å². The number of hydrogen-bond donors (Lipinski definition) is 1. The van der Waals surface area contributed by atoms with Crippen LogP contribution in [0, 0.1) is 0 Å². The van der Waals surface area contributed by atoms with Crippen LogP contribution >= 0.6 is 0 Å². The van der Waals surface area contributed by atoms with Crippen molar-refractivity contribution in [3.05, 3.63) is 35.4 Å². The van der Waals surface area contributed by atoms with Gasteiger partial charge in [0.05, 0.1) is 18.2 Å². The highest BCUT2D eigenvalue weighted by atomic mass is 19.4. The number of nitrogens with zero attached hydrogens (tertiary/aromatic N) is 1. The number of aliphatic hydroxyl groups is 1. The van der Waals surface area contributed by atoms with Gasteiger partial charge in [0.1, 0.15) is 0 Å². The van der Waals surface area contributed by atoms with Crippen molar-refractivity contribution in [3.8, 4) is 0 Å². The summed E-state index contributed by atoms with van der Waals surface area (Å²) in [5.41, 5.74) is -0.592. The lowest BCUT2D eigenvalue weighted by molar-refractivity contribution is -0.138. The Morgan fingerprint density at radius 3 is 2.25 bits per heavy atom. The molecule has 0 fully saturated rings. The van der Waals surface area contributed by atoms with Crippen LogP contribution in [0.1, 0.15) is 17.2 Å². The topological polar surface area (TPSA) is 23.5 Å². The number of halogens is 3. The third-order valence-corrected chi connectivity index (χ3v) is 2.42. The van der Waals surface area contributed by atoms with Gasteiger partial charge >= 0.3 is 6.18 Å². The smallest absolute Gasteiger partial charge is 0.394 e. The molecule has 0 radical (unpaired) electrons. The first-order valence-corrected chi connectivity index (χ1v) is 4.81. The van der Waals surface area contributed by atoms with Crippen LogP contribution in [0.5, 0.6) is 0 Å². The molecule has 0 aliphatic carbocycles. The lowest BCUT2D eigenvalue weighted by Crippen LogP contribution is -2.25. The molecule has 1 aromatic rings. The predicted octanol–water partition coefficient (Wildman–Crippen LogP) is 2.30. The molecule has 1 N–H and O–H groups in total. The maximum Gasteiger partial charge on any atom is 0.416 e. The van der Waals surface area contributed by atoms with Crippen LogP contribution in [0.2, 0.25) is 0 Å². The van der Waals surface area contributed by atoms with Crippen molar-refractivity contribution in [1.82, 2.24) is 4.90 Å². The minimum atomic E-state index is -4.39. The number of benzene rings is 1. The first kappa shape index (κ1) is 13.0. The summed E-state index contributed by atoms with van der Waals surface area (Å²) in [6.45, 7) is -0.347. The second-order valence-corrected chi connectivity index (χ2v) is 3.75. The molecule has 1 rings (SSSR count). The second kappa shape index (κ2) is 4.84. The van der Waals surface area contributed by atoms with Gasteiger partial charge in [-0.15, -0.1) is 0 Å². The molecule has 16 heavy (non-hydrogen) atoms. The fourth-order valence-electron chi connectivity index (χ4n) is 1.59. The first-order chi connectivity index (χ1) is 7.38. The van der Waals surface area contributed by atoms with Crippen LogP contribution in [0.3, 0.4) is 0 Å². The molecule has 0 bridgehead atoms.